The van der Waals surface area contributed by atoms with Gasteiger partial charge in [-0.15, -0.1) is 11.3 Å². The minimum absolute atomic E-state index is 0.154. The van der Waals surface area contributed by atoms with E-state index in [-0.39, 0.29) is 11.9 Å². The van der Waals surface area contributed by atoms with E-state index in [1.165, 1.54) is 15.8 Å². The van der Waals surface area contributed by atoms with Crippen LogP contribution in [0.4, 0.5) is 4.39 Å². The molecule has 1 atom stereocenters. The topological polar surface area (TPSA) is 15.3 Å². The molecule has 1 aromatic heterocycles. The van der Waals surface area contributed by atoms with E-state index < -0.39 is 0 Å². The number of hydrogen-bond donors (Lipinski definition) is 1. The maximum absolute atomic E-state index is 13.7. The second-order valence-corrected chi connectivity index (χ2v) is 6.86. The Balaban J connectivity index is 1.97. The van der Waals surface area contributed by atoms with Crippen LogP contribution >= 0.6 is 11.3 Å². The van der Waals surface area contributed by atoms with E-state index in [1.54, 1.807) is 6.07 Å². The lowest BCUT2D eigenvalue weighted by Gasteiger charge is -2.30. The number of benzene rings is 1. The Hall–Kier alpha value is -1.23. The fourth-order valence-corrected chi connectivity index (χ4v) is 4.00. The van der Waals surface area contributed by atoms with Gasteiger partial charge in [0.2, 0.25) is 0 Å². The Morgan fingerprint density at radius 2 is 2.10 bits per heavy atom. The van der Waals surface area contributed by atoms with Crippen LogP contribution in [-0.4, -0.2) is 31.1 Å². The van der Waals surface area contributed by atoms with Crippen LogP contribution in [0.5, 0.6) is 0 Å². The number of nitrogens with one attached hydrogen (secondary N) is 1. The molecular formula is C17H21FN2S. The van der Waals surface area contributed by atoms with E-state index >= 15 is 0 Å². The summed E-state index contributed by atoms with van der Waals surface area (Å²) in [5.41, 5.74) is 1.05. The molecule has 1 aliphatic heterocycles. The van der Waals surface area contributed by atoms with Gasteiger partial charge in [0.15, 0.2) is 0 Å². The Morgan fingerprint density at radius 1 is 1.19 bits per heavy atom. The van der Waals surface area contributed by atoms with E-state index in [2.05, 4.69) is 29.3 Å². The smallest absolute Gasteiger partial charge is 0.123 e. The first kappa shape index (κ1) is 14.7. The molecule has 2 nitrogen and oxygen atoms in total. The Bertz CT molecular complexity index is 588. The fourth-order valence-electron chi connectivity index (χ4n) is 2.96. The first-order valence-corrected chi connectivity index (χ1v) is 8.32. The molecule has 1 fully saturated rings. The molecule has 1 aromatic carbocycles. The van der Waals surface area contributed by atoms with E-state index in [1.807, 2.05) is 23.5 Å². The molecule has 1 aliphatic rings. The highest BCUT2D eigenvalue weighted by Gasteiger charge is 2.24. The lowest BCUT2D eigenvalue weighted by Crippen LogP contribution is -2.32. The molecular weight excluding hydrogens is 283 g/mol. The zero-order valence-electron chi connectivity index (χ0n) is 12.3. The fraction of sp³-hybridized carbons (Fsp3) is 0.412. The van der Waals surface area contributed by atoms with Crippen molar-refractivity contribution in [3.8, 4) is 0 Å². The maximum atomic E-state index is 13.7. The Morgan fingerprint density at radius 3 is 2.86 bits per heavy atom. The summed E-state index contributed by atoms with van der Waals surface area (Å²) in [5.74, 6) is -0.154. The summed E-state index contributed by atoms with van der Waals surface area (Å²) in [5, 5.41) is 3.44. The third-order valence-corrected chi connectivity index (χ3v) is 4.99. The van der Waals surface area contributed by atoms with Crippen molar-refractivity contribution in [2.24, 2.45) is 0 Å². The zero-order chi connectivity index (χ0) is 14.7. The van der Waals surface area contributed by atoms with Gasteiger partial charge >= 0.3 is 0 Å². The van der Waals surface area contributed by atoms with E-state index in [4.69, 9.17) is 0 Å². The molecule has 0 aliphatic carbocycles. The van der Waals surface area contributed by atoms with Gasteiger partial charge in [0, 0.05) is 29.4 Å². The average Bonchev–Trinajstić information content (AvgIpc) is 2.73. The molecule has 4 heteroatoms. The van der Waals surface area contributed by atoms with Crippen molar-refractivity contribution in [3.63, 3.8) is 0 Å². The van der Waals surface area contributed by atoms with Gasteiger partial charge in [-0.25, -0.2) is 4.39 Å². The van der Waals surface area contributed by atoms with Gasteiger partial charge in [0.1, 0.15) is 5.82 Å². The molecule has 1 unspecified atom stereocenters. The van der Waals surface area contributed by atoms with Gasteiger partial charge in [-0.2, -0.15) is 0 Å². The highest BCUT2D eigenvalue weighted by Crippen LogP contribution is 2.33. The van der Waals surface area contributed by atoms with Crippen LogP contribution in [0, 0.1) is 12.7 Å². The number of halogens is 1. The molecule has 2 aromatic rings. The van der Waals surface area contributed by atoms with Gasteiger partial charge in [-0.1, -0.05) is 12.1 Å². The third-order valence-electron chi connectivity index (χ3n) is 3.93. The first-order valence-electron chi connectivity index (χ1n) is 7.50. The summed E-state index contributed by atoms with van der Waals surface area (Å²) in [6.45, 7) is 6.23. The third kappa shape index (κ3) is 3.51. The van der Waals surface area contributed by atoms with Gasteiger partial charge in [-0.3, -0.25) is 4.90 Å². The normalized spacial score (nSPS) is 18.4. The van der Waals surface area contributed by atoms with Crippen LogP contribution in [0.15, 0.2) is 36.4 Å². The van der Waals surface area contributed by atoms with Crippen molar-refractivity contribution in [3.05, 3.63) is 57.5 Å². The van der Waals surface area contributed by atoms with Gasteiger partial charge in [-0.05, 0) is 49.7 Å². The van der Waals surface area contributed by atoms with Crippen molar-refractivity contribution in [2.75, 3.05) is 26.2 Å². The molecule has 0 saturated carbocycles. The number of thiophene rings is 1. The summed E-state index contributed by atoms with van der Waals surface area (Å²) in [6, 6.07) is 11.6. The maximum Gasteiger partial charge on any atom is 0.123 e. The van der Waals surface area contributed by atoms with E-state index in [0.29, 0.717) is 0 Å². The molecule has 21 heavy (non-hydrogen) atoms. The first-order chi connectivity index (χ1) is 10.2. The van der Waals surface area contributed by atoms with Gasteiger partial charge < -0.3 is 5.32 Å². The Labute approximate surface area is 129 Å². The average molecular weight is 304 g/mol. The van der Waals surface area contributed by atoms with Crippen molar-refractivity contribution in [2.45, 2.75) is 19.4 Å². The lowest BCUT2D eigenvalue weighted by molar-refractivity contribution is 0.243. The van der Waals surface area contributed by atoms with Crippen LogP contribution in [0.1, 0.15) is 27.8 Å². The van der Waals surface area contributed by atoms with Crippen LogP contribution < -0.4 is 5.32 Å². The zero-order valence-corrected chi connectivity index (χ0v) is 13.1. The van der Waals surface area contributed by atoms with Crippen LogP contribution in [0.3, 0.4) is 0 Å². The van der Waals surface area contributed by atoms with Crippen LogP contribution in [0.2, 0.25) is 0 Å². The standard InChI is InChI=1S/C17H21FN2S/c1-13-6-7-16(21-13)17(14-4-2-5-15(18)12-14)20-10-3-8-19-9-11-20/h2,4-7,12,17,19H,3,8-11H2,1H3. The summed E-state index contributed by atoms with van der Waals surface area (Å²) in [7, 11) is 0. The van der Waals surface area contributed by atoms with Crippen LogP contribution in [0.25, 0.3) is 0 Å². The summed E-state index contributed by atoms with van der Waals surface area (Å²) in [6.07, 6.45) is 1.14. The van der Waals surface area contributed by atoms with Crippen molar-refractivity contribution in [1.29, 1.82) is 0 Å². The second-order valence-electron chi connectivity index (χ2n) is 5.55. The summed E-state index contributed by atoms with van der Waals surface area (Å²) >= 11 is 1.81. The Kier molecular flexibility index (Phi) is 4.68. The molecule has 1 saturated heterocycles. The molecule has 2 heterocycles. The molecule has 0 radical (unpaired) electrons. The molecule has 0 spiro atoms. The molecule has 0 amide bonds. The second kappa shape index (κ2) is 6.69. The molecule has 112 valence electrons. The van der Waals surface area contributed by atoms with Crippen molar-refractivity contribution < 1.29 is 4.39 Å². The quantitative estimate of drug-likeness (QED) is 0.932. The molecule has 1 N–H and O–H groups in total. The number of nitrogens with zero attached hydrogens (tertiary/aromatic N) is 1. The highest BCUT2D eigenvalue weighted by atomic mass is 32.1. The SMILES string of the molecule is Cc1ccc(C(c2cccc(F)c2)N2CCCNCC2)s1. The minimum atomic E-state index is -0.154. The van der Waals surface area contributed by atoms with Crippen molar-refractivity contribution >= 4 is 11.3 Å². The van der Waals surface area contributed by atoms with Crippen LogP contribution in [-0.2, 0) is 0 Å². The monoisotopic (exact) mass is 304 g/mol. The summed E-state index contributed by atoms with van der Waals surface area (Å²) < 4.78 is 13.7. The predicted molar refractivity (Wildman–Crippen MR) is 86.4 cm³/mol. The number of rotatable bonds is 3. The molecule has 3 rings (SSSR count). The van der Waals surface area contributed by atoms with Crippen molar-refractivity contribution in [1.82, 2.24) is 10.2 Å². The minimum Gasteiger partial charge on any atom is -0.315 e. The lowest BCUT2D eigenvalue weighted by atomic mass is 10.0. The van der Waals surface area contributed by atoms with E-state index in [9.17, 15) is 4.39 Å². The van der Waals surface area contributed by atoms with Gasteiger partial charge in [0.25, 0.3) is 0 Å². The van der Waals surface area contributed by atoms with Gasteiger partial charge in [0.05, 0.1) is 6.04 Å². The number of aryl methyl sites for hydroxylation is 1. The predicted octanol–water partition coefficient (Wildman–Crippen LogP) is 3.58. The largest absolute Gasteiger partial charge is 0.315 e. The van der Waals surface area contributed by atoms with E-state index in [0.717, 1.165) is 38.2 Å². The highest BCUT2D eigenvalue weighted by molar-refractivity contribution is 7.12. The number of hydrogen-bond acceptors (Lipinski definition) is 3. The summed E-state index contributed by atoms with van der Waals surface area (Å²) in [4.78, 5) is 5.08. The molecule has 0 bridgehead atoms.